The first-order valence-electron chi connectivity index (χ1n) is 5.67. The average Bonchev–Trinajstić information content (AvgIpc) is 2.37. The van der Waals surface area contributed by atoms with E-state index in [0.717, 1.165) is 0 Å². The van der Waals surface area contributed by atoms with Crippen molar-refractivity contribution in [2.45, 2.75) is 11.8 Å². The Morgan fingerprint density at radius 2 is 1.71 bits per heavy atom. The summed E-state index contributed by atoms with van der Waals surface area (Å²) in [6.07, 6.45) is 0. The summed E-state index contributed by atoms with van der Waals surface area (Å²) >= 11 is 17.5. The van der Waals surface area contributed by atoms with E-state index in [0.29, 0.717) is 10.6 Å². The van der Waals surface area contributed by atoms with E-state index in [2.05, 4.69) is 4.72 Å². The average molecular weight is 367 g/mol. The summed E-state index contributed by atoms with van der Waals surface area (Å²) in [5.41, 5.74) is 0.411. The third-order valence-corrected chi connectivity index (χ3v) is 4.99. The van der Waals surface area contributed by atoms with Gasteiger partial charge in [0.25, 0.3) is 10.0 Å². The summed E-state index contributed by atoms with van der Waals surface area (Å²) in [5, 5.41) is 10.5. The quantitative estimate of drug-likeness (QED) is 0.788. The first-order valence-corrected chi connectivity index (χ1v) is 8.29. The highest BCUT2D eigenvalue weighted by Crippen LogP contribution is 2.34. The number of sulfonamides is 1. The second kappa shape index (κ2) is 5.93. The van der Waals surface area contributed by atoms with Crippen molar-refractivity contribution in [1.82, 2.24) is 0 Å². The van der Waals surface area contributed by atoms with E-state index in [1.165, 1.54) is 30.3 Å². The second-order valence-electron chi connectivity index (χ2n) is 4.30. The maximum absolute atomic E-state index is 12.3. The largest absolute Gasteiger partial charge is 0.505 e. The standard InChI is InChI=1S/C13H10Cl3NO3S/c1-7-4-9(15)5-11(13(7)18)17-21(19,20)12-6-8(14)2-3-10(12)16/h2-6,17-18H,1H3. The van der Waals surface area contributed by atoms with Crippen molar-refractivity contribution in [3.63, 3.8) is 0 Å². The van der Waals surface area contributed by atoms with Crippen LogP contribution in [-0.2, 0) is 10.0 Å². The lowest BCUT2D eigenvalue weighted by Gasteiger charge is -2.12. The molecule has 4 nitrogen and oxygen atoms in total. The number of anilines is 1. The van der Waals surface area contributed by atoms with Gasteiger partial charge in [0.15, 0.2) is 0 Å². The van der Waals surface area contributed by atoms with Crippen molar-refractivity contribution in [3.05, 3.63) is 51.0 Å². The van der Waals surface area contributed by atoms with Gasteiger partial charge in [-0.2, -0.15) is 0 Å². The molecule has 2 aromatic carbocycles. The van der Waals surface area contributed by atoms with Gasteiger partial charge in [0, 0.05) is 10.0 Å². The van der Waals surface area contributed by atoms with Crippen LogP contribution in [0.15, 0.2) is 35.2 Å². The van der Waals surface area contributed by atoms with E-state index < -0.39 is 10.0 Å². The van der Waals surface area contributed by atoms with Crippen LogP contribution in [0.5, 0.6) is 5.75 Å². The molecule has 0 bridgehead atoms. The van der Waals surface area contributed by atoms with Gasteiger partial charge in [0.05, 0.1) is 10.7 Å². The van der Waals surface area contributed by atoms with Crippen molar-refractivity contribution in [2.75, 3.05) is 4.72 Å². The van der Waals surface area contributed by atoms with E-state index >= 15 is 0 Å². The summed E-state index contributed by atoms with van der Waals surface area (Å²) < 4.78 is 26.9. The summed E-state index contributed by atoms with van der Waals surface area (Å²) in [6.45, 7) is 1.60. The topological polar surface area (TPSA) is 66.4 Å². The molecule has 112 valence electrons. The number of aromatic hydroxyl groups is 1. The Bertz CT molecular complexity index is 807. The van der Waals surface area contributed by atoms with Crippen LogP contribution in [0.25, 0.3) is 0 Å². The van der Waals surface area contributed by atoms with Crippen LogP contribution >= 0.6 is 34.8 Å². The van der Waals surface area contributed by atoms with Crippen molar-refractivity contribution in [1.29, 1.82) is 0 Å². The molecule has 0 saturated carbocycles. The first kappa shape index (κ1) is 16.2. The summed E-state index contributed by atoms with van der Waals surface area (Å²) in [5.74, 6) is -0.207. The molecule has 2 rings (SSSR count). The molecule has 0 aliphatic carbocycles. The highest BCUT2D eigenvalue weighted by molar-refractivity contribution is 7.92. The molecule has 0 amide bonds. The molecule has 0 unspecified atom stereocenters. The highest BCUT2D eigenvalue weighted by Gasteiger charge is 2.20. The molecule has 21 heavy (non-hydrogen) atoms. The highest BCUT2D eigenvalue weighted by atomic mass is 35.5. The zero-order valence-electron chi connectivity index (χ0n) is 10.7. The predicted molar refractivity (Wildman–Crippen MR) is 85.1 cm³/mol. The van der Waals surface area contributed by atoms with Crippen LogP contribution in [0.1, 0.15) is 5.56 Å². The number of rotatable bonds is 3. The van der Waals surface area contributed by atoms with Gasteiger partial charge in [-0.3, -0.25) is 4.72 Å². The fourth-order valence-electron chi connectivity index (χ4n) is 1.70. The molecular weight excluding hydrogens is 357 g/mol. The van der Waals surface area contributed by atoms with Crippen molar-refractivity contribution in [2.24, 2.45) is 0 Å². The van der Waals surface area contributed by atoms with Gasteiger partial charge >= 0.3 is 0 Å². The predicted octanol–water partition coefficient (Wildman–Crippen LogP) is 4.46. The van der Waals surface area contributed by atoms with E-state index in [1.54, 1.807) is 6.92 Å². The van der Waals surface area contributed by atoms with Crippen LogP contribution in [0.2, 0.25) is 15.1 Å². The number of aryl methyl sites for hydroxylation is 1. The second-order valence-corrected chi connectivity index (χ2v) is 7.23. The van der Waals surface area contributed by atoms with Gasteiger partial charge < -0.3 is 5.11 Å². The zero-order chi connectivity index (χ0) is 15.8. The maximum Gasteiger partial charge on any atom is 0.263 e. The Kier molecular flexibility index (Phi) is 4.58. The Morgan fingerprint density at radius 3 is 2.38 bits per heavy atom. The molecular formula is C13H10Cl3NO3S. The third-order valence-electron chi connectivity index (χ3n) is 2.69. The maximum atomic E-state index is 12.3. The van der Waals surface area contributed by atoms with Crippen LogP contribution in [0.4, 0.5) is 5.69 Å². The lowest BCUT2D eigenvalue weighted by Crippen LogP contribution is -2.13. The minimum absolute atomic E-state index is 0.0186. The van der Waals surface area contributed by atoms with Crippen LogP contribution in [0.3, 0.4) is 0 Å². The number of hydrogen-bond donors (Lipinski definition) is 2. The van der Waals surface area contributed by atoms with Gasteiger partial charge in [-0.25, -0.2) is 8.42 Å². The van der Waals surface area contributed by atoms with Gasteiger partial charge in [-0.05, 0) is 42.8 Å². The minimum atomic E-state index is -4.01. The van der Waals surface area contributed by atoms with Crippen molar-refractivity contribution >= 4 is 50.5 Å². The molecule has 8 heteroatoms. The van der Waals surface area contributed by atoms with Gasteiger partial charge in [-0.15, -0.1) is 0 Å². The van der Waals surface area contributed by atoms with E-state index in [4.69, 9.17) is 34.8 Å². The van der Waals surface area contributed by atoms with Crippen LogP contribution in [0, 0.1) is 6.92 Å². The number of benzene rings is 2. The number of phenols is 1. The molecule has 0 aromatic heterocycles. The van der Waals surface area contributed by atoms with Gasteiger partial charge in [-0.1, -0.05) is 34.8 Å². The monoisotopic (exact) mass is 365 g/mol. The lowest BCUT2D eigenvalue weighted by atomic mass is 10.2. The first-order chi connectivity index (χ1) is 9.70. The Labute approximate surface area is 137 Å². The molecule has 0 atom stereocenters. The third kappa shape index (κ3) is 3.55. The fourth-order valence-corrected chi connectivity index (χ4v) is 3.79. The van der Waals surface area contributed by atoms with E-state index in [9.17, 15) is 13.5 Å². The van der Waals surface area contributed by atoms with Crippen LogP contribution in [-0.4, -0.2) is 13.5 Å². The van der Waals surface area contributed by atoms with Crippen molar-refractivity contribution in [3.8, 4) is 5.75 Å². The van der Waals surface area contributed by atoms with Gasteiger partial charge in [0.1, 0.15) is 10.6 Å². The Hall–Kier alpha value is -1.14. The summed E-state index contributed by atoms with van der Waals surface area (Å²) in [6, 6.07) is 6.90. The Balaban J connectivity index is 2.50. The molecule has 0 spiro atoms. The van der Waals surface area contributed by atoms with Crippen LogP contribution < -0.4 is 4.72 Å². The van der Waals surface area contributed by atoms with E-state index in [-0.39, 0.29) is 26.4 Å². The Morgan fingerprint density at radius 1 is 1.05 bits per heavy atom. The molecule has 0 aliphatic heterocycles. The normalized spacial score (nSPS) is 11.4. The van der Waals surface area contributed by atoms with Gasteiger partial charge in [0.2, 0.25) is 0 Å². The SMILES string of the molecule is Cc1cc(Cl)cc(NS(=O)(=O)c2cc(Cl)ccc2Cl)c1O. The fraction of sp³-hybridized carbons (Fsp3) is 0.0769. The van der Waals surface area contributed by atoms with E-state index in [1.807, 2.05) is 0 Å². The number of halogens is 3. The molecule has 0 saturated heterocycles. The molecule has 2 N–H and O–H groups in total. The molecule has 0 aliphatic rings. The summed E-state index contributed by atoms with van der Waals surface area (Å²) in [7, 11) is -4.01. The minimum Gasteiger partial charge on any atom is -0.505 e. The number of phenolic OH excluding ortho intramolecular Hbond substituents is 1. The smallest absolute Gasteiger partial charge is 0.263 e. The molecule has 0 heterocycles. The number of nitrogens with one attached hydrogen (secondary N) is 1. The molecule has 0 radical (unpaired) electrons. The number of hydrogen-bond acceptors (Lipinski definition) is 3. The summed E-state index contributed by atoms with van der Waals surface area (Å²) in [4.78, 5) is -0.186. The van der Waals surface area contributed by atoms with Crippen molar-refractivity contribution < 1.29 is 13.5 Å². The molecule has 0 fully saturated rings. The molecule has 2 aromatic rings. The lowest BCUT2D eigenvalue weighted by molar-refractivity contribution is 0.473. The zero-order valence-corrected chi connectivity index (χ0v) is 13.8.